The van der Waals surface area contributed by atoms with Gasteiger partial charge in [-0.25, -0.2) is 4.98 Å². The molecule has 4 rings (SSSR count). The lowest BCUT2D eigenvalue weighted by Crippen LogP contribution is -2.22. The minimum atomic E-state index is -0.00939. The number of rotatable bonds is 8. The molecule has 0 saturated carbocycles. The Kier molecular flexibility index (Phi) is 6.01. The number of tetrazole rings is 1. The van der Waals surface area contributed by atoms with Gasteiger partial charge in [-0.15, -0.1) is 21.5 Å². The van der Waals surface area contributed by atoms with Crippen molar-refractivity contribution in [3.05, 3.63) is 71.1 Å². The summed E-state index contributed by atoms with van der Waals surface area (Å²) in [5.41, 5.74) is 2.94. The van der Waals surface area contributed by atoms with Gasteiger partial charge in [0.25, 0.3) is 0 Å². The van der Waals surface area contributed by atoms with Crippen LogP contribution < -0.4 is 5.32 Å². The van der Waals surface area contributed by atoms with Gasteiger partial charge < -0.3 is 5.32 Å². The van der Waals surface area contributed by atoms with Crippen molar-refractivity contribution < 1.29 is 4.79 Å². The molecule has 1 N–H and O–H groups in total. The smallest absolute Gasteiger partial charge is 0.220 e. The predicted octanol–water partition coefficient (Wildman–Crippen LogP) is 3.56. The number of amides is 1. The van der Waals surface area contributed by atoms with Crippen LogP contribution in [0, 0.1) is 0 Å². The maximum Gasteiger partial charge on any atom is 0.220 e. The van der Waals surface area contributed by atoms with E-state index in [4.69, 9.17) is 0 Å². The van der Waals surface area contributed by atoms with Crippen LogP contribution in [-0.2, 0) is 17.9 Å². The number of nitrogens with one attached hydrogen (secondary N) is 1. The van der Waals surface area contributed by atoms with Crippen molar-refractivity contribution in [2.24, 2.45) is 0 Å². The minimum absolute atomic E-state index is 0.00939. The number of aryl methyl sites for hydroxylation is 1. The van der Waals surface area contributed by atoms with Crippen molar-refractivity contribution >= 4 is 17.2 Å². The van der Waals surface area contributed by atoms with Gasteiger partial charge in [-0.05, 0) is 11.6 Å². The zero-order valence-electron chi connectivity index (χ0n) is 15.7. The summed E-state index contributed by atoms with van der Waals surface area (Å²) in [6.07, 6.45) is 1.04. The summed E-state index contributed by atoms with van der Waals surface area (Å²) in [7, 11) is 0. The fourth-order valence-corrected chi connectivity index (χ4v) is 3.56. The third-order valence-corrected chi connectivity index (χ3v) is 5.15. The van der Waals surface area contributed by atoms with E-state index in [1.165, 1.54) is 4.80 Å². The Labute approximate surface area is 172 Å². The Balaban J connectivity index is 1.21. The molecule has 0 atom stereocenters. The summed E-state index contributed by atoms with van der Waals surface area (Å²) in [5.74, 6) is 0.581. The van der Waals surface area contributed by atoms with Crippen LogP contribution in [0.4, 0.5) is 0 Å². The van der Waals surface area contributed by atoms with E-state index in [0.29, 0.717) is 31.8 Å². The van der Waals surface area contributed by atoms with Crippen molar-refractivity contribution in [2.75, 3.05) is 0 Å². The van der Waals surface area contributed by atoms with Gasteiger partial charge in [-0.3, -0.25) is 4.79 Å². The van der Waals surface area contributed by atoms with Gasteiger partial charge in [0.2, 0.25) is 11.7 Å². The number of hydrogen-bond donors (Lipinski definition) is 1. The van der Waals surface area contributed by atoms with Gasteiger partial charge in [0, 0.05) is 22.9 Å². The Hall–Kier alpha value is -3.39. The second kappa shape index (κ2) is 9.20. The van der Waals surface area contributed by atoms with Crippen LogP contribution >= 0.6 is 11.3 Å². The standard InChI is InChI=1S/C21H20N6OS/c28-19(22-14-20-23-18(15-29-20)16-8-3-1-4-9-16)12-7-13-27-25-21(24-26-27)17-10-5-2-6-11-17/h1-6,8-11,15H,7,12-14H2,(H,22,28). The number of aromatic nitrogens is 5. The highest BCUT2D eigenvalue weighted by atomic mass is 32.1. The zero-order chi connectivity index (χ0) is 19.9. The van der Waals surface area contributed by atoms with Crippen LogP contribution in [0.25, 0.3) is 22.6 Å². The molecule has 7 nitrogen and oxygen atoms in total. The van der Waals surface area contributed by atoms with Gasteiger partial charge in [0.05, 0.1) is 18.8 Å². The minimum Gasteiger partial charge on any atom is -0.350 e. The van der Waals surface area contributed by atoms with Crippen LogP contribution in [0.15, 0.2) is 66.0 Å². The first-order valence-corrected chi connectivity index (χ1v) is 10.3. The molecule has 0 radical (unpaired) electrons. The molecule has 1 amide bonds. The molecule has 4 aromatic rings. The molecule has 0 unspecified atom stereocenters. The summed E-state index contributed by atoms with van der Waals surface area (Å²) < 4.78 is 0. The second-order valence-electron chi connectivity index (χ2n) is 6.45. The Morgan fingerprint density at radius 3 is 2.48 bits per heavy atom. The summed E-state index contributed by atoms with van der Waals surface area (Å²) in [4.78, 5) is 18.2. The second-order valence-corrected chi connectivity index (χ2v) is 7.39. The molecule has 0 aliphatic carbocycles. The predicted molar refractivity (Wildman–Crippen MR) is 112 cm³/mol. The van der Waals surface area contributed by atoms with Crippen molar-refractivity contribution in [2.45, 2.75) is 25.9 Å². The van der Waals surface area contributed by atoms with Crippen LogP contribution in [0.2, 0.25) is 0 Å². The van der Waals surface area contributed by atoms with E-state index in [0.717, 1.165) is 21.8 Å². The average Bonchev–Trinajstić information content (AvgIpc) is 3.44. The van der Waals surface area contributed by atoms with Crippen molar-refractivity contribution in [3.8, 4) is 22.6 Å². The first kappa shape index (κ1) is 18.9. The number of carbonyl (C=O) groups excluding carboxylic acids is 1. The number of thiazole rings is 1. The van der Waals surface area contributed by atoms with Gasteiger partial charge >= 0.3 is 0 Å². The Morgan fingerprint density at radius 1 is 1.00 bits per heavy atom. The first-order chi connectivity index (χ1) is 14.3. The molecule has 0 bridgehead atoms. The fourth-order valence-electron chi connectivity index (χ4n) is 2.82. The maximum absolute atomic E-state index is 12.1. The van der Waals surface area contributed by atoms with E-state index in [1.807, 2.05) is 66.0 Å². The van der Waals surface area contributed by atoms with Crippen LogP contribution in [-0.4, -0.2) is 31.1 Å². The van der Waals surface area contributed by atoms with Crippen LogP contribution in [0.3, 0.4) is 0 Å². The van der Waals surface area contributed by atoms with E-state index in [-0.39, 0.29) is 5.91 Å². The highest BCUT2D eigenvalue weighted by Crippen LogP contribution is 2.21. The lowest BCUT2D eigenvalue weighted by Gasteiger charge is -2.03. The third kappa shape index (κ3) is 5.11. The molecular formula is C21H20N6OS. The molecule has 2 aromatic heterocycles. The summed E-state index contributed by atoms with van der Waals surface area (Å²) >= 11 is 1.55. The molecule has 0 aliphatic heterocycles. The number of benzene rings is 2. The van der Waals surface area contributed by atoms with Gasteiger partial charge in [-0.1, -0.05) is 60.7 Å². The highest BCUT2D eigenvalue weighted by molar-refractivity contribution is 7.09. The van der Waals surface area contributed by atoms with Crippen LogP contribution in [0.5, 0.6) is 0 Å². The number of nitrogens with zero attached hydrogens (tertiary/aromatic N) is 5. The largest absolute Gasteiger partial charge is 0.350 e. The molecule has 0 spiro atoms. The number of hydrogen-bond acceptors (Lipinski definition) is 6. The summed E-state index contributed by atoms with van der Waals surface area (Å²) in [6.45, 7) is 0.985. The molecule has 0 aliphatic rings. The lowest BCUT2D eigenvalue weighted by atomic mass is 10.2. The zero-order valence-corrected chi connectivity index (χ0v) is 16.5. The highest BCUT2D eigenvalue weighted by Gasteiger charge is 2.08. The van der Waals surface area contributed by atoms with Crippen molar-refractivity contribution in [1.82, 2.24) is 30.5 Å². The van der Waals surface area contributed by atoms with Crippen molar-refractivity contribution in [1.29, 1.82) is 0 Å². The summed E-state index contributed by atoms with van der Waals surface area (Å²) in [6, 6.07) is 19.7. The van der Waals surface area contributed by atoms with Gasteiger partial charge in [0.1, 0.15) is 5.01 Å². The van der Waals surface area contributed by atoms with E-state index in [2.05, 4.69) is 25.7 Å². The average molecular weight is 404 g/mol. The molecule has 0 saturated heterocycles. The quantitative estimate of drug-likeness (QED) is 0.485. The third-order valence-electron chi connectivity index (χ3n) is 4.30. The Morgan fingerprint density at radius 2 is 1.72 bits per heavy atom. The normalized spacial score (nSPS) is 10.8. The molecule has 29 heavy (non-hydrogen) atoms. The maximum atomic E-state index is 12.1. The van der Waals surface area contributed by atoms with E-state index < -0.39 is 0 Å². The fraction of sp³-hybridized carbons (Fsp3) is 0.190. The van der Waals surface area contributed by atoms with Gasteiger partial charge in [-0.2, -0.15) is 4.80 Å². The van der Waals surface area contributed by atoms with Crippen LogP contribution in [0.1, 0.15) is 17.8 Å². The molecule has 146 valence electrons. The van der Waals surface area contributed by atoms with E-state index in [9.17, 15) is 4.79 Å². The van der Waals surface area contributed by atoms with E-state index in [1.54, 1.807) is 11.3 Å². The molecule has 2 heterocycles. The Bertz CT molecular complexity index is 1060. The topological polar surface area (TPSA) is 85.6 Å². The molecule has 2 aromatic carbocycles. The first-order valence-electron chi connectivity index (χ1n) is 9.38. The summed E-state index contributed by atoms with van der Waals surface area (Å²) in [5, 5.41) is 18.3. The van der Waals surface area contributed by atoms with E-state index >= 15 is 0 Å². The SMILES string of the molecule is O=C(CCCn1nnc(-c2ccccc2)n1)NCc1nc(-c2ccccc2)cs1. The lowest BCUT2D eigenvalue weighted by molar-refractivity contribution is -0.121. The van der Waals surface area contributed by atoms with Crippen molar-refractivity contribution in [3.63, 3.8) is 0 Å². The molecular weight excluding hydrogens is 384 g/mol. The molecule has 0 fully saturated rings. The molecule has 8 heteroatoms. The number of carbonyl (C=O) groups is 1. The monoisotopic (exact) mass is 404 g/mol. The van der Waals surface area contributed by atoms with Gasteiger partial charge in [0.15, 0.2) is 0 Å².